The molecule has 0 aliphatic carbocycles. The summed E-state index contributed by atoms with van der Waals surface area (Å²) in [5.74, 6) is 0.516. The van der Waals surface area contributed by atoms with Crippen molar-refractivity contribution >= 4 is 11.9 Å². The van der Waals surface area contributed by atoms with Gasteiger partial charge in [-0.1, -0.05) is 18.2 Å². The Balaban J connectivity index is 1.52. The number of carbonyl (C=O) groups is 2. The van der Waals surface area contributed by atoms with Crippen molar-refractivity contribution in [3.05, 3.63) is 48.0 Å². The molecule has 1 saturated heterocycles. The van der Waals surface area contributed by atoms with Gasteiger partial charge in [-0.05, 0) is 25.0 Å². The lowest BCUT2D eigenvalue weighted by molar-refractivity contribution is -0.151. The number of imidazole rings is 1. The Morgan fingerprint density at radius 2 is 2.19 bits per heavy atom. The fourth-order valence-corrected chi connectivity index (χ4v) is 4.23. The van der Waals surface area contributed by atoms with Gasteiger partial charge in [0.15, 0.2) is 0 Å². The number of hydrogen-bond donors (Lipinski definition) is 1. The average molecular weight is 369 g/mol. The number of benzene rings is 1. The van der Waals surface area contributed by atoms with Gasteiger partial charge < -0.3 is 19.3 Å². The highest BCUT2D eigenvalue weighted by Crippen LogP contribution is 2.44. The van der Waals surface area contributed by atoms with Crippen LogP contribution in [0.15, 0.2) is 36.7 Å². The van der Waals surface area contributed by atoms with Crippen molar-refractivity contribution in [2.45, 2.75) is 26.3 Å². The third-order valence-electron chi connectivity index (χ3n) is 5.88. The number of carbonyl (C=O) groups excluding carboxylic acids is 1. The van der Waals surface area contributed by atoms with E-state index in [9.17, 15) is 14.7 Å². The molecule has 7 nitrogen and oxygen atoms in total. The van der Waals surface area contributed by atoms with Crippen LogP contribution in [0.2, 0.25) is 0 Å². The fraction of sp³-hybridized carbons (Fsp3) is 0.450. The molecule has 2 aromatic rings. The van der Waals surface area contributed by atoms with Crippen LogP contribution >= 0.6 is 0 Å². The van der Waals surface area contributed by atoms with E-state index < -0.39 is 11.4 Å². The van der Waals surface area contributed by atoms with Gasteiger partial charge in [-0.25, -0.2) is 4.98 Å². The summed E-state index contributed by atoms with van der Waals surface area (Å²) in [6, 6.07) is 7.57. The minimum absolute atomic E-state index is 0.0231. The maximum Gasteiger partial charge on any atom is 0.312 e. The summed E-state index contributed by atoms with van der Waals surface area (Å²) in [4.78, 5) is 30.9. The first kappa shape index (κ1) is 17.6. The van der Waals surface area contributed by atoms with E-state index >= 15 is 0 Å². The summed E-state index contributed by atoms with van der Waals surface area (Å²) in [5, 5.41) is 10.1. The molecule has 1 N–H and O–H groups in total. The van der Waals surface area contributed by atoms with E-state index in [4.69, 9.17) is 4.74 Å². The molecule has 1 aromatic heterocycles. The lowest BCUT2D eigenvalue weighted by atomic mass is 9.74. The quantitative estimate of drug-likeness (QED) is 0.887. The van der Waals surface area contributed by atoms with Crippen molar-refractivity contribution in [3.63, 3.8) is 0 Å². The highest BCUT2D eigenvalue weighted by atomic mass is 16.5. The Morgan fingerprint density at radius 3 is 2.93 bits per heavy atom. The summed E-state index contributed by atoms with van der Waals surface area (Å²) in [6.07, 6.45) is 4.27. The number of nitrogens with zero attached hydrogens (tertiary/aromatic N) is 3. The second-order valence-electron chi connectivity index (χ2n) is 7.45. The molecule has 2 aliphatic rings. The van der Waals surface area contributed by atoms with Crippen molar-refractivity contribution in [1.29, 1.82) is 0 Å². The molecule has 2 aliphatic heterocycles. The second-order valence-corrected chi connectivity index (χ2v) is 7.45. The zero-order valence-corrected chi connectivity index (χ0v) is 15.3. The number of aliphatic carboxylic acids is 1. The second kappa shape index (κ2) is 6.72. The maximum absolute atomic E-state index is 12.7. The van der Waals surface area contributed by atoms with E-state index in [2.05, 4.69) is 4.98 Å². The van der Waals surface area contributed by atoms with Crippen LogP contribution in [-0.2, 0) is 22.6 Å². The van der Waals surface area contributed by atoms with Gasteiger partial charge >= 0.3 is 5.97 Å². The van der Waals surface area contributed by atoms with E-state index in [1.54, 1.807) is 11.1 Å². The lowest BCUT2D eigenvalue weighted by Gasteiger charge is -2.27. The smallest absolute Gasteiger partial charge is 0.312 e. The normalized spacial score (nSPS) is 23.9. The van der Waals surface area contributed by atoms with E-state index in [0.29, 0.717) is 32.5 Å². The SMILES string of the molecule is Cc1nccn1CCC(=O)N1C[C@H]2COc3ccccc3C[C@@]2(C(=O)O)C1. The fourth-order valence-electron chi connectivity index (χ4n) is 4.23. The van der Waals surface area contributed by atoms with Crippen LogP contribution in [0, 0.1) is 18.3 Å². The minimum Gasteiger partial charge on any atom is -0.493 e. The monoisotopic (exact) mass is 369 g/mol. The van der Waals surface area contributed by atoms with Crippen molar-refractivity contribution < 1.29 is 19.4 Å². The average Bonchev–Trinajstić information content (AvgIpc) is 3.19. The largest absolute Gasteiger partial charge is 0.493 e. The predicted molar refractivity (Wildman–Crippen MR) is 97.4 cm³/mol. The van der Waals surface area contributed by atoms with Crippen LogP contribution in [0.1, 0.15) is 17.8 Å². The van der Waals surface area contributed by atoms with Gasteiger partial charge in [-0.3, -0.25) is 9.59 Å². The van der Waals surface area contributed by atoms with Gasteiger partial charge in [-0.15, -0.1) is 0 Å². The zero-order valence-electron chi connectivity index (χ0n) is 15.3. The molecule has 3 heterocycles. The topological polar surface area (TPSA) is 84.7 Å². The first-order valence-corrected chi connectivity index (χ1v) is 9.19. The van der Waals surface area contributed by atoms with Crippen molar-refractivity contribution in [2.75, 3.05) is 19.7 Å². The van der Waals surface area contributed by atoms with Crippen molar-refractivity contribution in [2.24, 2.45) is 11.3 Å². The summed E-state index contributed by atoms with van der Waals surface area (Å²) >= 11 is 0. The van der Waals surface area contributed by atoms with Crippen LogP contribution < -0.4 is 4.74 Å². The van der Waals surface area contributed by atoms with Crippen LogP contribution in [0.3, 0.4) is 0 Å². The molecule has 0 radical (unpaired) electrons. The van der Waals surface area contributed by atoms with Crippen molar-refractivity contribution in [3.8, 4) is 5.75 Å². The molecule has 2 atom stereocenters. The first-order chi connectivity index (χ1) is 13.0. The highest BCUT2D eigenvalue weighted by Gasteiger charge is 2.55. The number of fused-ring (bicyclic) bond motifs is 2. The molecular weight excluding hydrogens is 346 g/mol. The number of carboxylic acid groups (broad SMARTS) is 1. The lowest BCUT2D eigenvalue weighted by Crippen LogP contribution is -2.42. The molecule has 0 bridgehead atoms. The molecule has 1 fully saturated rings. The summed E-state index contributed by atoms with van der Waals surface area (Å²) in [6.45, 7) is 3.40. The highest BCUT2D eigenvalue weighted by molar-refractivity contribution is 5.81. The van der Waals surface area contributed by atoms with Gasteiger partial charge in [0, 0.05) is 44.4 Å². The summed E-state index contributed by atoms with van der Waals surface area (Å²) in [7, 11) is 0. The van der Waals surface area contributed by atoms with E-state index in [-0.39, 0.29) is 18.4 Å². The third kappa shape index (κ3) is 3.07. The number of aryl methyl sites for hydroxylation is 2. The molecule has 27 heavy (non-hydrogen) atoms. The minimum atomic E-state index is -0.993. The standard InChI is InChI=1S/C20H23N3O4/c1-14-21-7-9-22(14)8-6-18(24)23-11-16-12-27-17-5-3-2-4-15(17)10-20(16,13-23)19(25)26/h2-5,7,9,16H,6,8,10-13H2,1H3,(H,25,26)/t16-,20+/m0/s1. The predicted octanol–water partition coefficient (Wildman–Crippen LogP) is 1.75. The first-order valence-electron chi connectivity index (χ1n) is 9.19. The number of likely N-dealkylation sites (tertiary alicyclic amines) is 1. The van der Waals surface area contributed by atoms with Gasteiger partial charge in [0.25, 0.3) is 0 Å². The molecule has 0 spiro atoms. The number of amides is 1. The number of ether oxygens (including phenoxy) is 1. The van der Waals surface area contributed by atoms with Crippen LogP contribution in [-0.4, -0.2) is 51.1 Å². The number of aromatic nitrogens is 2. The Bertz CT molecular complexity index is 878. The Kier molecular flexibility index (Phi) is 4.37. The van der Waals surface area contributed by atoms with Crippen LogP contribution in [0.25, 0.3) is 0 Å². The third-order valence-corrected chi connectivity index (χ3v) is 5.88. The van der Waals surface area contributed by atoms with Gasteiger partial charge in [0.05, 0.1) is 12.0 Å². The van der Waals surface area contributed by atoms with Gasteiger partial charge in [-0.2, -0.15) is 0 Å². The van der Waals surface area contributed by atoms with Gasteiger partial charge in [0.2, 0.25) is 5.91 Å². The summed E-state index contributed by atoms with van der Waals surface area (Å²) in [5.41, 5.74) is -0.0987. The zero-order chi connectivity index (χ0) is 19.0. The molecule has 0 unspecified atom stereocenters. The Morgan fingerprint density at radius 1 is 1.37 bits per heavy atom. The number of hydrogen-bond acceptors (Lipinski definition) is 4. The van der Waals surface area contributed by atoms with E-state index in [1.807, 2.05) is 42.0 Å². The van der Waals surface area contributed by atoms with Crippen molar-refractivity contribution in [1.82, 2.24) is 14.5 Å². The number of carboxylic acids is 1. The molecule has 1 amide bonds. The molecule has 7 heteroatoms. The van der Waals surface area contributed by atoms with Crippen LogP contribution in [0.5, 0.6) is 5.75 Å². The molecular formula is C20H23N3O4. The number of rotatable bonds is 4. The van der Waals surface area contributed by atoms with Gasteiger partial charge in [0.1, 0.15) is 11.6 Å². The number of para-hydroxylation sites is 1. The maximum atomic E-state index is 12.7. The van der Waals surface area contributed by atoms with E-state index in [1.165, 1.54) is 0 Å². The Labute approximate surface area is 157 Å². The molecule has 1 aromatic carbocycles. The molecule has 0 saturated carbocycles. The molecule has 4 rings (SSSR count). The Hall–Kier alpha value is -2.83. The van der Waals surface area contributed by atoms with E-state index in [0.717, 1.165) is 17.1 Å². The van der Waals surface area contributed by atoms with Crippen LogP contribution in [0.4, 0.5) is 0 Å². The summed E-state index contributed by atoms with van der Waals surface area (Å²) < 4.78 is 7.82. The molecule has 142 valence electrons.